The third-order valence-corrected chi connectivity index (χ3v) is 5.96. The van der Waals surface area contributed by atoms with Gasteiger partial charge in [-0.05, 0) is 53.9 Å². The van der Waals surface area contributed by atoms with Crippen LogP contribution in [0.25, 0.3) is 16.8 Å². The molecule has 3 aromatic carbocycles. The van der Waals surface area contributed by atoms with Crippen LogP contribution in [-0.2, 0) is 9.53 Å². The van der Waals surface area contributed by atoms with E-state index in [-0.39, 0.29) is 5.91 Å². The summed E-state index contributed by atoms with van der Waals surface area (Å²) in [4.78, 5) is 20.3. The van der Waals surface area contributed by atoms with Crippen LogP contribution in [0.5, 0.6) is 5.75 Å². The number of ether oxygens (including phenoxy) is 2. The molecule has 5 nitrogen and oxygen atoms in total. The van der Waals surface area contributed by atoms with Crippen molar-refractivity contribution >= 4 is 45.4 Å². The first-order valence-corrected chi connectivity index (χ1v) is 11.0. The van der Waals surface area contributed by atoms with Crippen LogP contribution < -0.4 is 4.74 Å². The van der Waals surface area contributed by atoms with Gasteiger partial charge in [0.15, 0.2) is 5.17 Å². The van der Waals surface area contributed by atoms with E-state index in [1.165, 1.54) is 11.8 Å². The van der Waals surface area contributed by atoms with Crippen molar-refractivity contribution in [1.29, 1.82) is 0 Å². The Kier molecular flexibility index (Phi) is 6.70. The number of amides is 1. The van der Waals surface area contributed by atoms with Crippen LogP contribution in [0.1, 0.15) is 12.5 Å². The molecule has 1 saturated heterocycles. The summed E-state index contributed by atoms with van der Waals surface area (Å²) in [6.07, 6.45) is 1.94. The Balaban J connectivity index is 1.72. The van der Waals surface area contributed by atoms with Gasteiger partial charge in [-0.15, -0.1) is 0 Å². The number of rotatable bonds is 7. The van der Waals surface area contributed by atoms with Crippen LogP contribution in [0.2, 0.25) is 0 Å². The molecule has 0 bridgehead atoms. The maximum atomic E-state index is 13.2. The maximum absolute atomic E-state index is 13.2. The number of nitrogens with zero attached hydrogens (tertiary/aromatic N) is 2. The zero-order valence-corrected chi connectivity index (χ0v) is 18.4. The monoisotopic (exact) mass is 432 g/mol. The summed E-state index contributed by atoms with van der Waals surface area (Å²) < 4.78 is 11.0. The number of amidine groups is 1. The van der Waals surface area contributed by atoms with Gasteiger partial charge >= 0.3 is 0 Å². The smallest absolute Gasteiger partial charge is 0.266 e. The highest BCUT2D eigenvalue weighted by Crippen LogP contribution is 2.36. The quantitative estimate of drug-likeness (QED) is 0.366. The molecule has 4 rings (SSSR count). The topological polar surface area (TPSA) is 51.1 Å². The van der Waals surface area contributed by atoms with Crippen molar-refractivity contribution < 1.29 is 14.3 Å². The summed E-state index contributed by atoms with van der Waals surface area (Å²) in [5.74, 6) is 0.757. The molecule has 158 valence electrons. The third-order valence-electron chi connectivity index (χ3n) is 4.96. The van der Waals surface area contributed by atoms with Crippen LogP contribution in [0.4, 0.5) is 5.69 Å². The molecule has 6 heteroatoms. The number of para-hydroxylation sites is 1. The Bertz CT molecular complexity index is 1140. The second-order valence-corrected chi connectivity index (χ2v) is 7.91. The molecule has 0 saturated carbocycles. The van der Waals surface area contributed by atoms with Crippen LogP contribution in [0.15, 0.2) is 76.6 Å². The molecule has 0 radical (unpaired) electrons. The van der Waals surface area contributed by atoms with Crippen molar-refractivity contribution in [3.8, 4) is 5.75 Å². The summed E-state index contributed by atoms with van der Waals surface area (Å²) in [7, 11) is 1.67. The average Bonchev–Trinajstić information content (AvgIpc) is 3.09. The van der Waals surface area contributed by atoms with Gasteiger partial charge in [0.1, 0.15) is 5.75 Å². The molecule has 0 aromatic heterocycles. The molecule has 1 amide bonds. The van der Waals surface area contributed by atoms with Gasteiger partial charge in [0.25, 0.3) is 5.91 Å². The van der Waals surface area contributed by atoms with Gasteiger partial charge in [-0.3, -0.25) is 9.69 Å². The number of hydrogen-bond acceptors (Lipinski definition) is 5. The molecule has 0 unspecified atom stereocenters. The second-order valence-electron chi connectivity index (χ2n) is 6.90. The minimum absolute atomic E-state index is 0.0562. The van der Waals surface area contributed by atoms with E-state index in [0.29, 0.717) is 29.8 Å². The SMILES string of the molecule is CCOCCN1C(=O)/C(=C\c2ccc(OC)c3ccccc23)SC1=Nc1ccccc1. The summed E-state index contributed by atoms with van der Waals surface area (Å²) in [6, 6.07) is 21.6. The highest BCUT2D eigenvalue weighted by atomic mass is 32.2. The van der Waals surface area contributed by atoms with E-state index in [1.54, 1.807) is 12.0 Å². The van der Waals surface area contributed by atoms with Gasteiger partial charge in [0.05, 0.1) is 30.9 Å². The van der Waals surface area contributed by atoms with Crippen LogP contribution in [0.3, 0.4) is 0 Å². The number of aliphatic imine (C=N–C) groups is 1. The van der Waals surface area contributed by atoms with Crippen molar-refractivity contribution in [1.82, 2.24) is 4.90 Å². The molecule has 1 heterocycles. The standard InChI is InChI=1S/C25H24N2O3S/c1-3-30-16-15-27-24(28)23(31-25(27)26-19-9-5-4-6-10-19)17-18-13-14-22(29-2)21-12-8-7-11-20(18)21/h4-14,17H,3,15-16H2,1-2H3/b23-17+,26-25?. The van der Waals surface area contributed by atoms with E-state index in [9.17, 15) is 4.79 Å². The van der Waals surface area contributed by atoms with Gasteiger partial charge in [-0.1, -0.05) is 48.5 Å². The predicted octanol–water partition coefficient (Wildman–Crippen LogP) is 5.49. The van der Waals surface area contributed by atoms with Gasteiger partial charge in [-0.25, -0.2) is 4.99 Å². The Labute approximate surface area is 186 Å². The molecule has 0 atom stereocenters. The Morgan fingerprint density at radius 3 is 2.48 bits per heavy atom. The fraction of sp³-hybridized carbons (Fsp3) is 0.200. The molecule has 1 fully saturated rings. The van der Waals surface area contributed by atoms with E-state index < -0.39 is 0 Å². The fourth-order valence-corrected chi connectivity index (χ4v) is 4.46. The summed E-state index contributed by atoms with van der Waals surface area (Å²) in [6.45, 7) is 3.49. The van der Waals surface area contributed by atoms with Crippen molar-refractivity contribution in [2.75, 3.05) is 26.9 Å². The maximum Gasteiger partial charge on any atom is 0.266 e. The zero-order chi connectivity index (χ0) is 21.6. The number of thioether (sulfide) groups is 1. The lowest BCUT2D eigenvalue weighted by Crippen LogP contribution is -2.32. The van der Waals surface area contributed by atoms with Gasteiger partial charge in [-0.2, -0.15) is 0 Å². The van der Waals surface area contributed by atoms with Crippen molar-refractivity contribution in [3.05, 3.63) is 77.2 Å². The minimum Gasteiger partial charge on any atom is -0.496 e. The van der Waals surface area contributed by atoms with Crippen LogP contribution in [0, 0.1) is 0 Å². The van der Waals surface area contributed by atoms with Crippen molar-refractivity contribution in [2.45, 2.75) is 6.92 Å². The van der Waals surface area contributed by atoms with E-state index in [1.807, 2.05) is 79.7 Å². The van der Waals surface area contributed by atoms with Crippen LogP contribution >= 0.6 is 11.8 Å². The van der Waals surface area contributed by atoms with E-state index >= 15 is 0 Å². The normalized spacial score (nSPS) is 16.6. The Morgan fingerprint density at radius 2 is 1.74 bits per heavy atom. The second kappa shape index (κ2) is 9.81. The lowest BCUT2D eigenvalue weighted by atomic mass is 10.0. The molecular weight excluding hydrogens is 408 g/mol. The highest BCUT2D eigenvalue weighted by molar-refractivity contribution is 8.18. The van der Waals surface area contributed by atoms with Crippen molar-refractivity contribution in [3.63, 3.8) is 0 Å². The first-order chi connectivity index (χ1) is 15.2. The summed E-state index contributed by atoms with van der Waals surface area (Å²) in [5, 5.41) is 2.72. The number of carbonyl (C=O) groups excluding carboxylic acids is 1. The summed E-state index contributed by atoms with van der Waals surface area (Å²) in [5.41, 5.74) is 1.79. The molecule has 31 heavy (non-hydrogen) atoms. The van der Waals surface area contributed by atoms with E-state index in [2.05, 4.69) is 0 Å². The molecular formula is C25H24N2O3S. The van der Waals surface area contributed by atoms with Gasteiger partial charge < -0.3 is 9.47 Å². The van der Waals surface area contributed by atoms with Crippen LogP contribution in [-0.4, -0.2) is 42.8 Å². The number of methoxy groups -OCH3 is 1. The Morgan fingerprint density at radius 1 is 1.00 bits per heavy atom. The fourth-order valence-electron chi connectivity index (χ4n) is 3.44. The first-order valence-electron chi connectivity index (χ1n) is 10.2. The first kappa shape index (κ1) is 21.2. The van der Waals surface area contributed by atoms with E-state index in [0.717, 1.165) is 27.8 Å². The Hall–Kier alpha value is -3.09. The summed E-state index contributed by atoms with van der Waals surface area (Å²) >= 11 is 1.39. The minimum atomic E-state index is -0.0562. The molecule has 0 spiro atoms. The zero-order valence-electron chi connectivity index (χ0n) is 17.6. The van der Waals surface area contributed by atoms with E-state index in [4.69, 9.17) is 14.5 Å². The molecule has 0 N–H and O–H groups in total. The predicted molar refractivity (Wildman–Crippen MR) is 128 cm³/mol. The molecule has 0 aliphatic carbocycles. The number of benzene rings is 3. The van der Waals surface area contributed by atoms with Gasteiger partial charge in [0.2, 0.25) is 0 Å². The molecule has 1 aliphatic heterocycles. The highest BCUT2D eigenvalue weighted by Gasteiger charge is 2.33. The van der Waals surface area contributed by atoms with Crippen molar-refractivity contribution in [2.24, 2.45) is 4.99 Å². The number of fused-ring (bicyclic) bond motifs is 1. The molecule has 1 aliphatic rings. The molecule has 3 aromatic rings. The number of hydrogen-bond donors (Lipinski definition) is 0. The lowest BCUT2D eigenvalue weighted by molar-refractivity contribution is -0.122. The third kappa shape index (κ3) is 4.65. The van der Waals surface area contributed by atoms with Gasteiger partial charge in [0, 0.05) is 12.0 Å². The average molecular weight is 433 g/mol. The largest absolute Gasteiger partial charge is 0.496 e. The lowest BCUT2D eigenvalue weighted by Gasteiger charge is -2.15. The number of carbonyl (C=O) groups is 1.